The molecule has 0 spiro atoms. The first-order valence-corrected chi connectivity index (χ1v) is 6.31. The van der Waals surface area contributed by atoms with Crippen LogP contribution >= 0.6 is 11.6 Å². The van der Waals surface area contributed by atoms with Crippen molar-refractivity contribution in [3.8, 4) is 5.75 Å². The van der Waals surface area contributed by atoms with Gasteiger partial charge in [-0.05, 0) is 30.3 Å². The number of pyridine rings is 1. The van der Waals surface area contributed by atoms with Gasteiger partial charge in [0.15, 0.2) is 0 Å². The van der Waals surface area contributed by atoms with Crippen LogP contribution < -0.4 is 10.3 Å². The van der Waals surface area contributed by atoms with Gasteiger partial charge in [-0.25, -0.2) is 4.98 Å². The molecule has 1 N–H and O–H groups in total. The van der Waals surface area contributed by atoms with Crippen molar-refractivity contribution >= 4 is 22.5 Å². The van der Waals surface area contributed by atoms with Crippen LogP contribution in [0.25, 0.3) is 10.9 Å². The van der Waals surface area contributed by atoms with E-state index in [1.807, 2.05) is 0 Å². The topological polar surface area (TPSA) is 67.9 Å². The maximum Gasteiger partial charge on any atom is 0.258 e. The minimum Gasteiger partial charge on any atom is -0.486 e. The van der Waals surface area contributed by atoms with E-state index in [-0.39, 0.29) is 12.2 Å². The first kappa shape index (κ1) is 12.6. The van der Waals surface area contributed by atoms with Crippen molar-refractivity contribution in [2.45, 2.75) is 6.61 Å². The summed E-state index contributed by atoms with van der Waals surface area (Å²) in [6.45, 7) is 0.168. The molecule has 0 aliphatic rings. The number of halogens is 1. The molecule has 2 heterocycles. The summed E-state index contributed by atoms with van der Waals surface area (Å²) in [5.74, 6) is 1.11. The van der Waals surface area contributed by atoms with Crippen LogP contribution in [0.1, 0.15) is 5.82 Å². The van der Waals surface area contributed by atoms with Gasteiger partial charge in [0.1, 0.15) is 18.2 Å². The van der Waals surface area contributed by atoms with Crippen molar-refractivity contribution in [3.63, 3.8) is 0 Å². The second-order valence-electron chi connectivity index (χ2n) is 4.15. The van der Waals surface area contributed by atoms with Crippen molar-refractivity contribution in [1.82, 2.24) is 15.0 Å². The summed E-state index contributed by atoms with van der Waals surface area (Å²) in [4.78, 5) is 22.8. The van der Waals surface area contributed by atoms with Gasteiger partial charge in [0, 0.05) is 11.2 Å². The van der Waals surface area contributed by atoms with E-state index in [1.54, 1.807) is 42.7 Å². The molecule has 0 unspecified atom stereocenters. The first-order valence-electron chi connectivity index (χ1n) is 5.94. The van der Waals surface area contributed by atoms with E-state index in [1.165, 1.54) is 0 Å². The molecule has 5 nitrogen and oxygen atoms in total. The fraction of sp³-hybridized carbons (Fsp3) is 0.0714. The Kier molecular flexibility index (Phi) is 3.35. The lowest BCUT2D eigenvalue weighted by Crippen LogP contribution is -2.13. The summed E-state index contributed by atoms with van der Waals surface area (Å²) in [6, 6.07) is 8.60. The fourth-order valence-electron chi connectivity index (χ4n) is 1.79. The Labute approximate surface area is 119 Å². The van der Waals surface area contributed by atoms with E-state index in [0.29, 0.717) is 27.5 Å². The zero-order chi connectivity index (χ0) is 13.9. The Bertz CT molecular complexity index is 799. The molecule has 0 aliphatic heterocycles. The lowest BCUT2D eigenvalue weighted by atomic mass is 10.3. The Morgan fingerprint density at radius 3 is 2.80 bits per heavy atom. The van der Waals surface area contributed by atoms with Gasteiger partial charge in [-0.2, -0.15) is 0 Å². The molecule has 100 valence electrons. The number of hydrogen-bond donors (Lipinski definition) is 1. The van der Waals surface area contributed by atoms with Gasteiger partial charge in [0.2, 0.25) is 0 Å². The van der Waals surface area contributed by atoms with E-state index >= 15 is 0 Å². The maximum absolute atomic E-state index is 11.9. The highest BCUT2D eigenvalue weighted by Crippen LogP contribution is 2.16. The second kappa shape index (κ2) is 5.30. The molecule has 1 aromatic carbocycles. The zero-order valence-electron chi connectivity index (χ0n) is 10.3. The molecule has 0 atom stereocenters. The molecule has 0 saturated carbocycles. The van der Waals surface area contributed by atoms with Gasteiger partial charge in [0.25, 0.3) is 5.56 Å². The zero-order valence-corrected chi connectivity index (χ0v) is 11.1. The monoisotopic (exact) mass is 287 g/mol. The van der Waals surface area contributed by atoms with E-state index in [2.05, 4.69) is 15.0 Å². The Hall–Kier alpha value is -2.40. The SMILES string of the molecule is O=c1[nH]c(COc2ccc(Cl)cc2)nc2cnccc12. The molecule has 3 rings (SSSR count). The molecule has 6 heteroatoms. The Morgan fingerprint density at radius 2 is 2.00 bits per heavy atom. The van der Waals surface area contributed by atoms with Gasteiger partial charge in [-0.3, -0.25) is 9.78 Å². The third-order valence-corrected chi connectivity index (χ3v) is 3.00. The summed E-state index contributed by atoms with van der Waals surface area (Å²) in [5, 5.41) is 1.15. The second-order valence-corrected chi connectivity index (χ2v) is 4.58. The molecular weight excluding hydrogens is 278 g/mol. The van der Waals surface area contributed by atoms with Crippen molar-refractivity contribution < 1.29 is 4.74 Å². The molecule has 0 bridgehead atoms. The van der Waals surface area contributed by atoms with E-state index in [4.69, 9.17) is 16.3 Å². The third-order valence-electron chi connectivity index (χ3n) is 2.75. The number of aromatic amines is 1. The Balaban J connectivity index is 1.84. The number of rotatable bonds is 3. The fourth-order valence-corrected chi connectivity index (χ4v) is 1.92. The van der Waals surface area contributed by atoms with Gasteiger partial charge < -0.3 is 9.72 Å². The average Bonchev–Trinajstić information content (AvgIpc) is 2.47. The van der Waals surface area contributed by atoms with Gasteiger partial charge in [0.05, 0.1) is 17.1 Å². The van der Waals surface area contributed by atoms with Crippen LogP contribution in [0.3, 0.4) is 0 Å². The molecule has 0 saturated heterocycles. The largest absolute Gasteiger partial charge is 0.486 e. The number of ether oxygens (including phenoxy) is 1. The molecule has 2 aromatic heterocycles. The summed E-state index contributed by atoms with van der Waals surface area (Å²) in [5.41, 5.74) is 0.345. The van der Waals surface area contributed by atoms with Crippen LogP contribution in [0, 0.1) is 0 Å². The summed E-state index contributed by atoms with van der Waals surface area (Å²) in [6.07, 6.45) is 3.11. The highest BCUT2D eigenvalue weighted by atomic mass is 35.5. The van der Waals surface area contributed by atoms with E-state index in [9.17, 15) is 4.79 Å². The summed E-state index contributed by atoms with van der Waals surface area (Å²) >= 11 is 5.79. The summed E-state index contributed by atoms with van der Waals surface area (Å²) < 4.78 is 5.54. The van der Waals surface area contributed by atoms with Crippen molar-refractivity contribution in [2.75, 3.05) is 0 Å². The molecule has 0 aliphatic carbocycles. The minimum absolute atomic E-state index is 0.168. The molecule has 20 heavy (non-hydrogen) atoms. The van der Waals surface area contributed by atoms with Crippen molar-refractivity contribution in [2.24, 2.45) is 0 Å². The van der Waals surface area contributed by atoms with Gasteiger partial charge >= 0.3 is 0 Å². The first-order chi connectivity index (χ1) is 9.72. The van der Waals surface area contributed by atoms with E-state index < -0.39 is 0 Å². The molecule has 0 radical (unpaired) electrons. The molecular formula is C14H10ClN3O2. The van der Waals surface area contributed by atoms with Gasteiger partial charge in [-0.1, -0.05) is 11.6 Å². The number of nitrogens with zero attached hydrogens (tertiary/aromatic N) is 2. The lowest BCUT2D eigenvalue weighted by molar-refractivity contribution is 0.296. The van der Waals surface area contributed by atoms with Crippen LogP contribution in [0.5, 0.6) is 5.75 Å². The molecule has 0 fully saturated rings. The third kappa shape index (κ3) is 2.62. The standard InChI is InChI=1S/C14H10ClN3O2/c15-9-1-3-10(4-2-9)20-8-13-17-12-7-16-6-5-11(12)14(19)18-13/h1-7H,8H2,(H,17,18,19). The van der Waals surface area contributed by atoms with E-state index in [0.717, 1.165) is 0 Å². The van der Waals surface area contributed by atoms with Crippen LogP contribution in [0.15, 0.2) is 47.5 Å². The number of H-pyrrole nitrogens is 1. The average molecular weight is 288 g/mol. The highest BCUT2D eigenvalue weighted by molar-refractivity contribution is 6.30. The Morgan fingerprint density at radius 1 is 1.20 bits per heavy atom. The quantitative estimate of drug-likeness (QED) is 0.804. The number of benzene rings is 1. The smallest absolute Gasteiger partial charge is 0.258 e. The van der Waals surface area contributed by atoms with Crippen LogP contribution in [0.2, 0.25) is 5.02 Å². The minimum atomic E-state index is -0.202. The number of aromatic nitrogens is 3. The number of fused-ring (bicyclic) bond motifs is 1. The van der Waals surface area contributed by atoms with Crippen molar-refractivity contribution in [1.29, 1.82) is 0 Å². The number of nitrogens with one attached hydrogen (secondary N) is 1. The molecule has 3 aromatic rings. The highest BCUT2D eigenvalue weighted by Gasteiger charge is 2.04. The predicted molar refractivity (Wildman–Crippen MR) is 75.9 cm³/mol. The molecule has 0 amide bonds. The van der Waals surface area contributed by atoms with Crippen LogP contribution in [0.4, 0.5) is 0 Å². The number of hydrogen-bond acceptors (Lipinski definition) is 4. The van der Waals surface area contributed by atoms with Crippen molar-refractivity contribution in [3.05, 3.63) is 63.9 Å². The maximum atomic E-state index is 11.9. The van der Waals surface area contributed by atoms with Crippen LogP contribution in [-0.4, -0.2) is 15.0 Å². The van der Waals surface area contributed by atoms with Crippen LogP contribution in [-0.2, 0) is 6.61 Å². The summed E-state index contributed by atoms with van der Waals surface area (Å²) in [7, 11) is 0. The normalized spacial score (nSPS) is 10.7. The van der Waals surface area contributed by atoms with Gasteiger partial charge in [-0.15, -0.1) is 0 Å². The predicted octanol–water partition coefficient (Wildman–Crippen LogP) is 2.55. The lowest BCUT2D eigenvalue weighted by Gasteiger charge is -2.06.